The summed E-state index contributed by atoms with van der Waals surface area (Å²) in [6.45, 7) is 11.9. The highest BCUT2D eigenvalue weighted by molar-refractivity contribution is 5.96. The molecule has 7 heteroatoms. The maximum Gasteiger partial charge on any atom is 0.319 e. The summed E-state index contributed by atoms with van der Waals surface area (Å²) in [6, 6.07) is 3.58. The fourth-order valence-electron chi connectivity index (χ4n) is 3.11. The van der Waals surface area contributed by atoms with Crippen LogP contribution in [-0.4, -0.2) is 44.7 Å². The van der Waals surface area contributed by atoms with E-state index in [0.29, 0.717) is 18.8 Å². The third-order valence-electron chi connectivity index (χ3n) is 5.06. The topological polar surface area (TPSA) is 102 Å². The number of likely N-dealkylation sites (N-methyl/N-ethyl adjacent to an activating group) is 1. The number of urea groups is 1. The second-order valence-electron chi connectivity index (χ2n) is 7.26. The van der Waals surface area contributed by atoms with Crippen molar-refractivity contribution in [2.24, 2.45) is 0 Å². The van der Waals surface area contributed by atoms with Crippen molar-refractivity contribution in [1.29, 1.82) is 0 Å². The Hall–Kier alpha value is -2.12. The van der Waals surface area contributed by atoms with Gasteiger partial charge in [0.05, 0.1) is 19.6 Å². The van der Waals surface area contributed by atoms with Crippen LogP contribution in [0.5, 0.6) is 0 Å². The molecule has 0 aliphatic heterocycles. The summed E-state index contributed by atoms with van der Waals surface area (Å²) in [5, 5.41) is 8.82. The van der Waals surface area contributed by atoms with Gasteiger partial charge in [0.25, 0.3) is 5.91 Å². The molecular weight excluding hydrogens is 354 g/mol. The van der Waals surface area contributed by atoms with Gasteiger partial charge in [-0.2, -0.15) is 0 Å². The fourth-order valence-corrected chi connectivity index (χ4v) is 3.11. The third-order valence-corrected chi connectivity index (χ3v) is 5.06. The molecule has 158 valence electrons. The van der Waals surface area contributed by atoms with Crippen LogP contribution in [-0.2, 0) is 4.79 Å². The Morgan fingerprint density at radius 1 is 1.00 bits per heavy atom. The average molecular weight is 394 g/mol. The lowest BCUT2D eigenvalue weighted by Gasteiger charge is -2.18. The number of amides is 3. The summed E-state index contributed by atoms with van der Waals surface area (Å²) < 4.78 is 0. The average Bonchev–Trinajstić information content (AvgIpc) is 2.68. The van der Waals surface area contributed by atoms with Crippen molar-refractivity contribution in [3.63, 3.8) is 0 Å². The van der Waals surface area contributed by atoms with Crippen molar-refractivity contribution >= 4 is 23.3 Å². The molecule has 0 fully saturated rings. The number of carbonyl (C=O) groups excluding carboxylic acids is 2. The molecule has 0 saturated heterocycles. The first kappa shape index (κ1) is 23.9. The number of quaternary nitrogens is 2. The van der Waals surface area contributed by atoms with E-state index >= 15 is 0 Å². The van der Waals surface area contributed by atoms with E-state index < -0.39 is 0 Å². The Morgan fingerprint density at radius 2 is 1.68 bits per heavy atom. The lowest BCUT2D eigenvalue weighted by atomic mass is 10.1. The molecule has 0 unspecified atom stereocenters. The standard InChI is InChI=1S/C21H37N5O2/c1-5-26(6-2)15-19(27)25-20-16(3)11-12-18(17(20)4)24-21(28)23-14-10-8-7-9-13-22/h11-12H,5-10,13-15,22H2,1-4H3,(H,25,27)(H2,23,24,28)/p+2. The molecule has 0 atom stereocenters. The fraction of sp³-hybridized carbons (Fsp3) is 0.619. The van der Waals surface area contributed by atoms with Crippen LogP contribution < -0.4 is 26.6 Å². The van der Waals surface area contributed by atoms with E-state index in [1.807, 2.05) is 26.0 Å². The predicted molar refractivity (Wildman–Crippen MR) is 115 cm³/mol. The molecular formula is C21H39N5O2+2. The molecule has 0 saturated carbocycles. The Morgan fingerprint density at radius 3 is 2.32 bits per heavy atom. The van der Waals surface area contributed by atoms with Crippen molar-refractivity contribution in [1.82, 2.24) is 5.32 Å². The zero-order valence-electron chi connectivity index (χ0n) is 18.0. The van der Waals surface area contributed by atoms with E-state index in [2.05, 4.69) is 35.5 Å². The number of carbonyl (C=O) groups is 2. The minimum absolute atomic E-state index is 0.00576. The monoisotopic (exact) mass is 393 g/mol. The van der Waals surface area contributed by atoms with E-state index in [9.17, 15) is 9.59 Å². The first-order chi connectivity index (χ1) is 13.4. The van der Waals surface area contributed by atoms with Gasteiger partial charge in [-0.1, -0.05) is 12.5 Å². The van der Waals surface area contributed by atoms with Crippen LogP contribution >= 0.6 is 0 Å². The highest BCUT2D eigenvalue weighted by Crippen LogP contribution is 2.27. The van der Waals surface area contributed by atoms with Crippen LogP contribution in [0.25, 0.3) is 0 Å². The SMILES string of the molecule is CC[NH+](CC)CC(=O)Nc1c(C)ccc(NC(=O)NCCCCCC[NH3+])c1C. The maximum absolute atomic E-state index is 12.4. The Balaban J connectivity index is 2.63. The third kappa shape index (κ3) is 8.27. The zero-order valence-corrected chi connectivity index (χ0v) is 18.0. The van der Waals surface area contributed by atoms with Gasteiger partial charge in [0, 0.05) is 17.9 Å². The highest BCUT2D eigenvalue weighted by Gasteiger charge is 2.15. The molecule has 1 aromatic rings. The van der Waals surface area contributed by atoms with Crippen LogP contribution in [0.2, 0.25) is 0 Å². The Labute approximate surface area is 169 Å². The molecule has 0 radical (unpaired) electrons. The van der Waals surface area contributed by atoms with E-state index in [-0.39, 0.29) is 11.9 Å². The smallest absolute Gasteiger partial charge is 0.319 e. The van der Waals surface area contributed by atoms with Crippen molar-refractivity contribution in [2.45, 2.75) is 53.4 Å². The van der Waals surface area contributed by atoms with Gasteiger partial charge >= 0.3 is 6.03 Å². The number of rotatable bonds is 12. The predicted octanol–water partition coefficient (Wildman–Crippen LogP) is 1.09. The van der Waals surface area contributed by atoms with Gasteiger partial charge in [-0.25, -0.2) is 4.79 Å². The van der Waals surface area contributed by atoms with E-state index in [1.54, 1.807) is 0 Å². The summed E-state index contributed by atoms with van der Waals surface area (Å²) >= 11 is 0. The number of hydrogen-bond donors (Lipinski definition) is 5. The number of unbranched alkanes of at least 4 members (excludes halogenated alkanes) is 3. The summed E-state index contributed by atoms with van der Waals surface area (Å²) in [7, 11) is 0. The van der Waals surface area contributed by atoms with Crippen molar-refractivity contribution in [2.75, 3.05) is 43.4 Å². The van der Waals surface area contributed by atoms with Gasteiger partial charge < -0.3 is 26.6 Å². The van der Waals surface area contributed by atoms with E-state index in [4.69, 9.17) is 0 Å². The minimum atomic E-state index is -0.214. The van der Waals surface area contributed by atoms with Crippen molar-refractivity contribution < 1.29 is 20.2 Å². The molecule has 0 aromatic heterocycles. The number of nitrogens with one attached hydrogen (secondary N) is 4. The van der Waals surface area contributed by atoms with Gasteiger partial charge in [0.1, 0.15) is 0 Å². The molecule has 7 nitrogen and oxygen atoms in total. The van der Waals surface area contributed by atoms with Gasteiger partial charge in [-0.15, -0.1) is 0 Å². The van der Waals surface area contributed by atoms with Crippen molar-refractivity contribution in [3.05, 3.63) is 23.3 Å². The van der Waals surface area contributed by atoms with E-state index in [0.717, 1.165) is 62.1 Å². The lowest BCUT2D eigenvalue weighted by molar-refractivity contribution is -0.888. The largest absolute Gasteiger partial charge is 0.358 e. The molecule has 28 heavy (non-hydrogen) atoms. The lowest BCUT2D eigenvalue weighted by Crippen LogP contribution is -3.12. The van der Waals surface area contributed by atoms with Crippen molar-refractivity contribution in [3.8, 4) is 0 Å². The Kier molecular flexibility index (Phi) is 11.2. The van der Waals surface area contributed by atoms with E-state index in [1.165, 1.54) is 4.90 Å². The quantitative estimate of drug-likeness (QED) is 0.343. The number of aryl methyl sites for hydroxylation is 1. The molecule has 7 N–H and O–H groups in total. The molecule has 0 aliphatic carbocycles. The number of hydrogen-bond acceptors (Lipinski definition) is 2. The first-order valence-electron chi connectivity index (χ1n) is 10.5. The molecule has 0 spiro atoms. The van der Waals surface area contributed by atoms with Crippen LogP contribution in [0.4, 0.5) is 16.2 Å². The molecule has 0 heterocycles. The molecule has 3 amide bonds. The molecule has 1 aromatic carbocycles. The second-order valence-corrected chi connectivity index (χ2v) is 7.26. The Bertz CT molecular complexity index is 629. The van der Waals surface area contributed by atoms with Gasteiger partial charge in [0.2, 0.25) is 0 Å². The van der Waals surface area contributed by atoms with Gasteiger partial charge in [-0.05, 0) is 64.2 Å². The first-order valence-corrected chi connectivity index (χ1v) is 10.5. The molecule has 1 rings (SSSR count). The number of benzene rings is 1. The molecule has 0 bridgehead atoms. The van der Waals surface area contributed by atoms with Crippen LogP contribution in [0.15, 0.2) is 12.1 Å². The summed E-state index contributed by atoms with van der Waals surface area (Å²) in [4.78, 5) is 25.8. The minimum Gasteiger partial charge on any atom is -0.358 e. The highest BCUT2D eigenvalue weighted by atomic mass is 16.2. The summed E-state index contributed by atoms with van der Waals surface area (Å²) in [5.74, 6) is -0.00576. The van der Waals surface area contributed by atoms with Gasteiger partial charge in [-0.3, -0.25) is 4.79 Å². The molecule has 0 aliphatic rings. The normalized spacial score (nSPS) is 10.8. The summed E-state index contributed by atoms with van der Waals surface area (Å²) in [6.07, 6.45) is 4.36. The van der Waals surface area contributed by atoms with Crippen LogP contribution in [0, 0.1) is 13.8 Å². The van der Waals surface area contributed by atoms with Crippen LogP contribution in [0.1, 0.15) is 50.7 Å². The number of anilines is 2. The summed E-state index contributed by atoms with van der Waals surface area (Å²) in [5.41, 5.74) is 7.18. The maximum atomic E-state index is 12.4. The zero-order chi connectivity index (χ0) is 20.9. The second kappa shape index (κ2) is 13.1. The van der Waals surface area contributed by atoms with Gasteiger partial charge in [0.15, 0.2) is 6.54 Å². The van der Waals surface area contributed by atoms with Crippen LogP contribution in [0.3, 0.4) is 0 Å².